The van der Waals surface area contributed by atoms with Crippen molar-refractivity contribution >= 4 is 11.5 Å². The van der Waals surface area contributed by atoms with Crippen LogP contribution >= 0.6 is 0 Å². The average Bonchev–Trinajstić information content (AvgIpc) is 2.77. The maximum absolute atomic E-state index is 12.1. The second kappa shape index (κ2) is 19.0. The van der Waals surface area contributed by atoms with Crippen molar-refractivity contribution in [3.8, 4) is 5.75 Å². The smallest absolute Gasteiger partial charge is 0.338 e. The molecule has 1 rings (SSSR count). The van der Waals surface area contributed by atoms with Crippen LogP contribution in [0.2, 0.25) is 0 Å². The highest BCUT2D eigenvalue weighted by molar-refractivity contribution is 6.16. The fourth-order valence-corrected chi connectivity index (χ4v) is 3.85. The Kier molecular flexibility index (Phi) is 16.7. The zero-order chi connectivity index (χ0) is 22.6. The zero-order valence-electron chi connectivity index (χ0n) is 20.4. The van der Waals surface area contributed by atoms with Crippen molar-refractivity contribution in [3.05, 3.63) is 35.9 Å². The van der Waals surface area contributed by atoms with Crippen LogP contribution in [0.25, 0.3) is 5.57 Å². The van der Waals surface area contributed by atoms with Gasteiger partial charge in [0.2, 0.25) is 0 Å². The molecular formula is C28H46O3. The van der Waals surface area contributed by atoms with E-state index in [1.165, 1.54) is 83.5 Å². The molecular weight excluding hydrogens is 384 g/mol. The summed E-state index contributed by atoms with van der Waals surface area (Å²) >= 11 is 0. The van der Waals surface area contributed by atoms with Gasteiger partial charge in [-0.15, -0.1) is 0 Å². The van der Waals surface area contributed by atoms with Gasteiger partial charge in [0.15, 0.2) is 0 Å². The Bertz CT molecular complexity index is 606. The third kappa shape index (κ3) is 13.3. The number of benzene rings is 1. The third-order valence-electron chi connectivity index (χ3n) is 5.70. The van der Waals surface area contributed by atoms with E-state index in [0.29, 0.717) is 12.2 Å². The molecule has 3 heteroatoms. The highest BCUT2D eigenvalue weighted by Crippen LogP contribution is 2.22. The molecule has 0 aliphatic rings. The van der Waals surface area contributed by atoms with Crippen LogP contribution in [0.4, 0.5) is 0 Å². The Morgan fingerprint density at radius 1 is 0.806 bits per heavy atom. The first-order valence-corrected chi connectivity index (χ1v) is 12.8. The number of hydrogen-bond donors (Lipinski definition) is 0. The monoisotopic (exact) mass is 430 g/mol. The summed E-state index contributed by atoms with van der Waals surface area (Å²) in [6, 6.07) is 7.73. The molecule has 3 nitrogen and oxygen atoms in total. The van der Waals surface area contributed by atoms with E-state index in [-0.39, 0.29) is 5.97 Å². The molecule has 0 amide bonds. The molecule has 0 saturated carbocycles. The number of allylic oxidation sites excluding steroid dienone is 1. The van der Waals surface area contributed by atoms with Crippen LogP contribution in [-0.2, 0) is 9.53 Å². The predicted molar refractivity (Wildman–Crippen MR) is 133 cm³/mol. The Morgan fingerprint density at radius 3 is 1.87 bits per heavy atom. The van der Waals surface area contributed by atoms with Crippen LogP contribution in [0, 0.1) is 0 Å². The Balaban J connectivity index is 2.06. The molecule has 31 heavy (non-hydrogen) atoms. The minimum Gasteiger partial charge on any atom is -0.494 e. The third-order valence-corrected chi connectivity index (χ3v) is 5.70. The van der Waals surface area contributed by atoms with Crippen molar-refractivity contribution in [3.63, 3.8) is 0 Å². The highest BCUT2D eigenvalue weighted by atomic mass is 16.5. The number of unbranched alkanes of at least 4 members (excludes halogenated alkanes) is 13. The zero-order valence-corrected chi connectivity index (χ0v) is 20.4. The predicted octanol–water partition coefficient (Wildman–Crippen LogP) is 8.51. The van der Waals surface area contributed by atoms with Gasteiger partial charge in [-0.1, -0.05) is 109 Å². The molecule has 1 aromatic carbocycles. The first-order chi connectivity index (χ1) is 15.2. The van der Waals surface area contributed by atoms with Gasteiger partial charge in [-0.05, 0) is 38.0 Å². The van der Waals surface area contributed by atoms with Crippen molar-refractivity contribution in [2.24, 2.45) is 0 Å². The van der Waals surface area contributed by atoms with Crippen molar-refractivity contribution in [1.82, 2.24) is 0 Å². The van der Waals surface area contributed by atoms with Crippen LogP contribution in [-0.4, -0.2) is 19.2 Å². The summed E-state index contributed by atoms with van der Waals surface area (Å²) in [5.41, 5.74) is 1.43. The van der Waals surface area contributed by atoms with Crippen molar-refractivity contribution in [1.29, 1.82) is 0 Å². The lowest BCUT2D eigenvalue weighted by atomic mass is 10.0. The molecule has 0 fully saturated rings. The van der Waals surface area contributed by atoms with Gasteiger partial charge in [-0.2, -0.15) is 0 Å². The Morgan fingerprint density at radius 2 is 1.35 bits per heavy atom. The van der Waals surface area contributed by atoms with Gasteiger partial charge < -0.3 is 9.47 Å². The van der Waals surface area contributed by atoms with E-state index in [1.807, 2.05) is 38.1 Å². The SMILES string of the molecule is CC=C(C(=O)OCC)c1cccc(OCCCCCCCCCCCCCCCC)c1. The van der Waals surface area contributed by atoms with E-state index in [9.17, 15) is 4.79 Å². The second-order valence-corrected chi connectivity index (χ2v) is 8.40. The first-order valence-electron chi connectivity index (χ1n) is 12.8. The lowest BCUT2D eigenvalue weighted by Crippen LogP contribution is -2.07. The van der Waals surface area contributed by atoms with Gasteiger partial charge in [0, 0.05) is 0 Å². The normalized spacial score (nSPS) is 11.5. The molecule has 0 saturated heterocycles. The van der Waals surface area contributed by atoms with Crippen molar-refractivity contribution in [2.75, 3.05) is 13.2 Å². The van der Waals surface area contributed by atoms with E-state index in [0.717, 1.165) is 24.3 Å². The largest absolute Gasteiger partial charge is 0.494 e. The Labute approximate surface area is 191 Å². The minimum absolute atomic E-state index is 0.283. The molecule has 0 aliphatic heterocycles. The maximum atomic E-state index is 12.1. The molecule has 0 atom stereocenters. The summed E-state index contributed by atoms with van der Waals surface area (Å²) in [5.74, 6) is 0.532. The number of rotatable bonds is 19. The van der Waals surface area contributed by atoms with Crippen LogP contribution in [0.5, 0.6) is 5.75 Å². The Hall–Kier alpha value is -1.77. The molecule has 0 radical (unpaired) electrons. The average molecular weight is 431 g/mol. The molecule has 1 aromatic rings. The molecule has 0 heterocycles. The van der Waals surface area contributed by atoms with E-state index >= 15 is 0 Å². The number of hydrogen-bond acceptors (Lipinski definition) is 3. The minimum atomic E-state index is -0.283. The number of carbonyl (C=O) groups excluding carboxylic acids is 1. The van der Waals surface area contributed by atoms with E-state index in [4.69, 9.17) is 9.47 Å². The van der Waals surface area contributed by atoms with Gasteiger partial charge in [-0.25, -0.2) is 4.79 Å². The second-order valence-electron chi connectivity index (χ2n) is 8.40. The van der Waals surface area contributed by atoms with Gasteiger partial charge in [0.25, 0.3) is 0 Å². The summed E-state index contributed by atoms with van der Waals surface area (Å²) < 4.78 is 11.0. The van der Waals surface area contributed by atoms with Gasteiger partial charge in [-0.3, -0.25) is 0 Å². The van der Waals surface area contributed by atoms with Gasteiger partial charge >= 0.3 is 5.97 Å². The summed E-state index contributed by atoms with van der Waals surface area (Å²) in [5, 5.41) is 0. The summed E-state index contributed by atoms with van der Waals surface area (Å²) in [6.07, 6.45) is 20.8. The summed E-state index contributed by atoms with van der Waals surface area (Å²) in [6.45, 7) is 7.06. The fraction of sp³-hybridized carbons (Fsp3) is 0.679. The molecule has 0 N–H and O–H groups in total. The van der Waals surface area contributed by atoms with Crippen LogP contribution in [0.3, 0.4) is 0 Å². The standard InChI is InChI=1S/C28H46O3/c1-4-7-8-9-10-11-12-13-14-15-16-17-18-19-23-31-26-22-20-21-25(24-26)27(5-2)28(29)30-6-3/h5,20-22,24H,4,6-19,23H2,1-3H3. The van der Waals surface area contributed by atoms with Crippen molar-refractivity contribution < 1.29 is 14.3 Å². The molecule has 0 aromatic heterocycles. The number of esters is 1. The van der Waals surface area contributed by atoms with Gasteiger partial charge in [0.1, 0.15) is 5.75 Å². The molecule has 0 aliphatic carbocycles. The van der Waals surface area contributed by atoms with Crippen LogP contribution < -0.4 is 4.74 Å². The maximum Gasteiger partial charge on any atom is 0.338 e. The van der Waals surface area contributed by atoms with Crippen molar-refractivity contribution in [2.45, 2.75) is 111 Å². The summed E-state index contributed by atoms with van der Waals surface area (Å²) in [4.78, 5) is 12.1. The lowest BCUT2D eigenvalue weighted by Gasteiger charge is -2.10. The van der Waals surface area contributed by atoms with E-state index in [1.54, 1.807) is 6.08 Å². The fourth-order valence-electron chi connectivity index (χ4n) is 3.85. The van der Waals surface area contributed by atoms with Crippen LogP contribution in [0.1, 0.15) is 116 Å². The first kappa shape index (κ1) is 27.3. The molecule has 176 valence electrons. The van der Waals surface area contributed by atoms with Crippen LogP contribution in [0.15, 0.2) is 30.3 Å². The van der Waals surface area contributed by atoms with E-state index < -0.39 is 0 Å². The molecule has 0 bridgehead atoms. The lowest BCUT2D eigenvalue weighted by molar-refractivity contribution is -0.136. The number of carbonyl (C=O) groups is 1. The topological polar surface area (TPSA) is 35.5 Å². The molecule has 0 spiro atoms. The summed E-state index contributed by atoms with van der Waals surface area (Å²) in [7, 11) is 0. The molecule has 0 unspecified atom stereocenters. The van der Waals surface area contributed by atoms with Gasteiger partial charge in [0.05, 0.1) is 18.8 Å². The quantitative estimate of drug-likeness (QED) is 0.125. The number of ether oxygens (including phenoxy) is 2. The highest BCUT2D eigenvalue weighted by Gasteiger charge is 2.12. The van der Waals surface area contributed by atoms with E-state index in [2.05, 4.69) is 6.92 Å².